The smallest absolute Gasteiger partial charge is 0.163 e. The summed E-state index contributed by atoms with van der Waals surface area (Å²) in [6.07, 6.45) is 0. The number of rotatable bonds is 6. The van der Waals surface area contributed by atoms with Crippen LogP contribution in [-0.2, 0) is 10.3 Å². The van der Waals surface area contributed by atoms with Gasteiger partial charge in [-0.1, -0.05) is 12.1 Å². The summed E-state index contributed by atoms with van der Waals surface area (Å²) in [5.74, 6) is -1.86. The van der Waals surface area contributed by atoms with Gasteiger partial charge in [-0.3, -0.25) is 0 Å². The molecule has 0 aliphatic carbocycles. The van der Waals surface area contributed by atoms with Crippen LogP contribution in [0.4, 0.5) is 8.78 Å². The molecule has 1 aromatic carbocycles. The molecule has 0 heterocycles. The number of methoxy groups -OCH3 is 1. The van der Waals surface area contributed by atoms with E-state index in [1.165, 1.54) is 12.1 Å². The molecule has 17 heavy (non-hydrogen) atoms. The van der Waals surface area contributed by atoms with E-state index in [-0.39, 0.29) is 12.2 Å². The second kappa shape index (κ2) is 6.05. The highest BCUT2D eigenvalue weighted by molar-refractivity contribution is 5.26. The molecule has 0 aliphatic rings. The number of hydrogen-bond acceptors (Lipinski definition) is 3. The molecule has 1 aromatic rings. The number of nitrogens with one attached hydrogen (secondary N) is 1. The number of halogens is 2. The Bertz CT molecular complexity index is 374. The van der Waals surface area contributed by atoms with E-state index in [9.17, 15) is 13.9 Å². The SMILES string of the molecule is COCCNC(C)(CO)c1cccc(F)c1F. The first-order valence-corrected chi connectivity index (χ1v) is 5.34. The minimum Gasteiger partial charge on any atom is -0.394 e. The molecule has 0 aromatic heterocycles. The van der Waals surface area contributed by atoms with Crippen molar-refractivity contribution in [1.82, 2.24) is 5.32 Å². The Balaban J connectivity index is 2.95. The molecule has 0 saturated heterocycles. The van der Waals surface area contributed by atoms with E-state index in [1.54, 1.807) is 14.0 Å². The van der Waals surface area contributed by atoms with Gasteiger partial charge >= 0.3 is 0 Å². The van der Waals surface area contributed by atoms with Crippen molar-refractivity contribution in [2.45, 2.75) is 12.5 Å². The summed E-state index contributed by atoms with van der Waals surface area (Å²) in [6.45, 7) is 2.13. The lowest BCUT2D eigenvalue weighted by atomic mass is 9.92. The van der Waals surface area contributed by atoms with E-state index in [2.05, 4.69) is 5.32 Å². The second-order valence-electron chi connectivity index (χ2n) is 4.01. The molecular formula is C12H17F2NO2. The van der Waals surface area contributed by atoms with E-state index in [4.69, 9.17) is 4.74 Å². The zero-order chi connectivity index (χ0) is 12.9. The van der Waals surface area contributed by atoms with Gasteiger partial charge in [0.05, 0.1) is 18.8 Å². The summed E-state index contributed by atoms with van der Waals surface area (Å²) in [5.41, 5.74) is -0.916. The topological polar surface area (TPSA) is 41.5 Å². The van der Waals surface area contributed by atoms with Gasteiger partial charge in [0.2, 0.25) is 0 Å². The fraction of sp³-hybridized carbons (Fsp3) is 0.500. The lowest BCUT2D eigenvalue weighted by Crippen LogP contribution is -2.45. The highest BCUT2D eigenvalue weighted by Crippen LogP contribution is 2.24. The monoisotopic (exact) mass is 245 g/mol. The fourth-order valence-corrected chi connectivity index (χ4v) is 1.60. The lowest BCUT2D eigenvalue weighted by Gasteiger charge is -2.29. The van der Waals surface area contributed by atoms with E-state index < -0.39 is 17.2 Å². The Morgan fingerprint density at radius 2 is 2.12 bits per heavy atom. The molecule has 0 radical (unpaired) electrons. The third-order valence-corrected chi connectivity index (χ3v) is 2.68. The van der Waals surface area contributed by atoms with Gasteiger partial charge in [-0.2, -0.15) is 0 Å². The van der Waals surface area contributed by atoms with Crippen molar-refractivity contribution in [3.63, 3.8) is 0 Å². The van der Waals surface area contributed by atoms with Crippen LogP contribution in [0.5, 0.6) is 0 Å². The lowest BCUT2D eigenvalue weighted by molar-refractivity contribution is 0.145. The Morgan fingerprint density at radius 3 is 2.71 bits per heavy atom. The van der Waals surface area contributed by atoms with Gasteiger partial charge in [0, 0.05) is 19.2 Å². The Hall–Kier alpha value is -1.04. The van der Waals surface area contributed by atoms with Gasteiger partial charge in [-0.05, 0) is 13.0 Å². The molecule has 5 heteroatoms. The molecule has 1 atom stereocenters. The normalized spacial score (nSPS) is 14.6. The molecule has 1 rings (SSSR count). The first kappa shape index (κ1) is 14.0. The predicted molar refractivity (Wildman–Crippen MR) is 60.7 cm³/mol. The molecule has 0 saturated carbocycles. The highest BCUT2D eigenvalue weighted by atomic mass is 19.2. The summed E-state index contributed by atoms with van der Waals surface area (Å²) >= 11 is 0. The van der Waals surface area contributed by atoms with Crippen molar-refractivity contribution < 1.29 is 18.6 Å². The van der Waals surface area contributed by atoms with Crippen LogP contribution in [0.2, 0.25) is 0 Å². The zero-order valence-corrected chi connectivity index (χ0v) is 9.96. The van der Waals surface area contributed by atoms with Crippen LogP contribution < -0.4 is 5.32 Å². The Morgan fingerprint density at radius 1 is 1.41 bits per heavy atom. The summed E-state index contributed by atoms with van der Waals surface area (Å²) in [4.78, 5) is 0. The Labute approximate surface area is 99.4 Å². The number of aliphatic hydroxyl groups is 1. The van der Waals surface area contributed by atoms with Crippen molar-refractivity contribution in [2.24, 2.45) is 0 Å². The predicted octanol–water partition coefficient (Wildman–Crippen LogP) is 1.41. The summed E-state index contributed by atoms with van der Waals surface area (Å²) in [5, 5.41) is 12.3. The maximum absolute atomic E-state index is 13.6. The average Bonchev–Trinajstić information content (AvgIpc) is 2.33. The van der Waals surface area contributed by atoms with Crippen molar-refractivity contribution in [3.8, 4) is 0 Å². The van der Waals surface area contributed by atoms with E-state index >= 15 is 0 Å². The van der Waals surface area contributed by atoms with Crippen molar-refractivity contribution in [1.29, 1.82) is 0 Å². The number of benzene rings is 1. The molecule has 0 aliphatic heterocycles. The van der Waals surface area contributed by atoms with Crippen LogP contribution in [0.3, 0.4) is 0 Å². The highest BCUT2D eigenvalue weighted by Gasteiger charge is 2.29. The van der Waals surface area contributed by atoms with Crippen molar-refractivity contribution >= 4 is 0 Å². The van der Waals surface area contributed by atoms with Crippen LogP contribution in [0.1, 0.15) is 12.5 Å². The number of ether oxygens (including phenoxy) is 1. The summed E-state index contributed by atoms with van der Waals surface area (Å²) in [6, 6.07) is 3.92. The summed E-state index contributed by atoms with van der Waals surface area (Å²) in [7, 11) is 1.54. The Kier molecular flexibility index (Phi) is 4.99. The molecule has 1 unspecified atom stereocenters. The average molecular weight is 245 g/mol. The van der Waals surface area contributed by atoms with Crippen LogP contribution in [-0.4, -0.2) is 32.0 Å². The molecule has 0 amide bonds. The zero-order valence-electron chi connectivity index (χ0n) is 9.96. The summed E-state index contributed by atoms with van der Waals surface area (Å²) < 4.78 is 31.6. The maximum Gasteiger partial charge on any atom is 0.163 e. The van der Waals surface area contributed by atoms with Crippen LogP contribution in [0.15, 0.2) is 18.2 Å². The van der Waals surface area contributed by atoms with Gasteiger partial charge in [0.15, 0.2) is 11.6 Å². The van der Waals surface area contributed by atoms with E-state index in [1.807, 2.05) is 0 Å². The van der Waals surface area contributed by atoms with Crippen LogP contribution in [0.25, 0.3) is 0 Å². The van der Waals surface area contributed by atoms with Crippen molar-refractivity contribution in [3.05, 3.63) is 35.4 Å². The van der Waals surface area contributed by atoms with E-state index in [0.29, 0.717) is 13.2 Å². The van der Waals surface area contributed by atoms with Crippen LogP contribution >= 0.6 is 0 Å². The molecule has 0 spiro atoms. The first-order chi connectivity index (χ1) is 8.05. The van der Waals surface area contributed by atoms with Gasteiger partial charge in [-0.15, -0.1) is 0 Å². The van der Waals surface area contributed by atoms with E-state index in [0.717, 1.165) is 6.07 Å². The third-order valence-electron chi connectivity index (χ3n) is 2.68. The molecule has 0 bridgehead atoms. The second-order valence-corrected chi connectivity index (χ2v) is 4.01. The molecular weight excluding hydrogens is 228 g/mol. The van der Waals surface area contributed by atoms with Gasteiger partial charge in [0.1, 0.15) is 0 Å². The minimum absolute atomic E-state index is 0.108. The molecule has 96 valence electrons. The maximum atomic E-state index is 13.6. The standard InChI is InChI=1S/C12H17F2NO2/c1-12(8-16,15-6-7-17-2)9-4-3-5-10(13)11(9)14/h3-5,15-16H,6-8H2,1-2H3. The molecule has 3 nitrogen and oxygen atoms in total. The molecule has 2 N–H and O–H groups in total. The quantitative estimate of drug-likeness (QED) is 0.745. The largest absolute Gasteiger partial charge is 0.394 e. The van der Waals surface area contributed by atoms with Crippen LogP contribution in [0, 0.1) is 11.6 Å². The van der Waals surface area contributed by atoms with Crippen molar-refractivity contribution in [2.75, 3.05) is 26.9 Å². The van der Waals surface area contributed by atoms with Gasteiger partial charge in [0.25, 0.3) is 0 Å². The molecule has 0 fully saturated rings. The fourth-order valence-electron chi connectivity index (χ4n) is 1.60. The van der Waals surface area contributed by atoms with Gasteiger partial charge < -0.3 is 15.2 Å². The number of hydrogen-bond donors (Lipinski definition) is 2. The number of aliphatic hydroxyl groups excluding tert-OH is 1. The minimum atomic E-state index is -1.02. The first-order valence-electron chi connectivity index (χ1n) is 5.34. The third kappa shape index (κ3) is 3.21. The van der Waals surface area contributed by atoms with Gasteiger partial charge in [-0.25, -0.2) is 8.78 Å².